The van der Waals surface area contributed by atoms with Crippen molar-refractivity contribution in [2.75, 3.05) is 30.4 Å². The summed E-state index contributed by atoms with van der Waals surface area (Å²) in [5.74, 6) is 2.33. The van der Waals surface area contributed by atoms with Gasteiger partial charge in [-0.1, -0.05) is 11.6 Å². The summed E-state index contributed by atoms with van der Waals surface area (Å²) in [6.45, 7) is 5.57. The molecule has 0 bridgehead atoms. The minimum atomic E-state index is 0.201. The second-order valence-electron chi connectivity index (χ2n) is 16.9. The molecular formula is C45H52N15+. The molecule has 10 rings (SSSR count). The van der Waals surface area contributed by atoms with E-state index < -0.39 is 0 Å². The maximum Gasteiger partial charge on any atom is 0.244 e. The molecule has 6 aromatic heterocycles. The highest BCUT2D eigenvalue weighted by Crippen LogP contribution is 2.39. The van der Waals surface area contributed by atoms with Crippen LogP contribution in [0.3, 0.4) is 0 Å². The fourth-order valence-corrected chi connectivity index (χ4v) is 9.50. The fraction of sp³-hybridized carbons (Fsp3) is 0.356. The van der Waals surface area contributed by atoms with E-state index in [1.54, 1.807) is 6.20 Å². The van der Waals surface area contributed by atoms with Crippen LogP contribution in [-0.2, 0) is 0 Å². The average molecular weight is 803 g/mol. The summed E-state index contributed by atoms with van der Waals surface area (Å²) in [5.41, 5.74) is 15.6. The van der Waals surface area contributed by atoms with Gasteiger partial charge in [0.2, 0.25) is 11.9 Å². The molecule has 2 aliphatic rings. The van der Waals surface area contributed by atoms with Crippen molar-refractivity contribution >= 4 is 33.4 Å². The Balaban J connectivity index is 1.08. The standard InChI is InChI=1S/C45H51N15/c1-27-6-7-30(46)22-32(20-27)58(4)42-12-9-37(52-55-42)33-8-11-39(59-19-5-16-51-59)36-26-60(56-45(33)36)40-23-35(44-34(15-18-48-44)43(40)29-24-49-50-25-29)38-10-13-41(54-53-38)57(3)31-14-17-47-28(2)21-31/h5,8-13,15-16,18-19,23-28,30-32,47H,6-7,14,17,20-22,46H2,1-4H3,(H2,48,49,50,52,53,54,55)/p+1/t27-,28?,30+,31?,32-/m0/s1. The molecule has 1 saturated heterocycles. The number of piperidine rings is 1. The van der Waals surface area contributed by atoms with E-state index in [2.05, 4.69) is 128 Å². The van der Waals surface area contributed by atoms with Crippen LogP contribution in [0.2, 0.25) is 0 Å². The van der Waals surface area contributed by atoms with Gasteiger partial charge in [-0.15, -0.1) is 20.4 Å². The maximum absolute atomic E-state index is 6.50. The van der Waals surface area contributed by atoms with Crippen LogP contribution in [0.5, 0.6) is 0 Å². The highest BCUT2D eigenvalue weighted by Gasteiger charge is 2.29. The summed E-state index contributed by atoms with van der Waals surface area (Å²) in [6, 6.07) is 20.1. The predicted molar refractivity (Wildman–Crippen MR) is 235 cm³/mol. The van der Waals surface area contributed by atoms with Crippen molar-refractivity contribution in [2.24, 2.45) is 11.7 Å². The highest BCUT2D eigenvalue weighted by atomic mass is 15.3. The van der Waals surface area contributed by atoms with Gasteiger partial charge in [0.05, 0.1) is 39.7 Å². The van der Waals surface area contributed by atoms with Gasteiger partial charge >= 0.3 is 0 Å². The molecule has 8 aromatic rings. The molecule has 5 atom stereocenters. The summed E-state index contributed by atoms with van der Waals surface area (Å²) in [7, 11) is 4.24. The molecule has 15 heteroatoms. The molecule has 1 aliphatic carbocycles. The quantitative estimate of drug-likeness (QED) is 0.0818. The van der Waals surface area contributed by atoms with Crippen LogP contribution in [-0.4, -0.2) is 95.3 Å². The number of H-pyrrole nitrogens is 3. The van der Waals surface area contributed by atoms with Gasteiger partial charge in [0.1, 0.15) is 5.52 Å². The molecule has 6 N–H and O–H groups in total. The van der Waals surface area contributed by atoms with E-state index in [-0.39, 0.29) is 6.04 Å². The number of nitrogens with one attached hydrogen (secondary N) is 4. The Morgan fingerprint density at radius 1 is 0.817 bits per heavy atom. The Labute approximate surface area is 348 Å². The number of hydrogen-bond acceptors (Lipinski definition) is 10. The molecule has 0 spiro atoms. The molecule has 306 valence electrons. The largest absolute Gasteiger partial charge is 0.361 e. The lowest BCUT2D eigenvalue weighted by Crippen LogP contribution is -2.45. The molecular weight excluding hydrogens is 751 g/mol. The number of benzene rings is 2. The SMILES string of the molecule is CC1CC(N(C)c2ccc(-c3cc(-[n+]4cc5c(-n6cccn6)ccc(-c6ccc(N(C)[C@H]7C[C@@H](C)CC[C@@H](N)C7)nn6)c5[nH]4)c(-c4cn[nH]c4)c4cc[nH]c34)nn2)CCN1. The number of hydrogen-bond donors (Lipinski definition) is 5. The second-order valence-corrected chi connectivity index (χ2v) is 16.9. The Bertz CT molecular complexity index is 2700. The van der Waals surface area contributed by atoms with Crippen molar-refractivity contribution in [3.8, 4) is 45.0 Å². The van der Waals surface area contributed by atoms with E-state index in [1.165, 1.54) is 0 Å². The number of aromatic nitrogens is 11. The summed E-state index contributed by atoms with van der Waals surface area (Å²) in [6.07, 6.45) is 18.1. The van der Waals surface area contributed by atoms with Gasteiger partial charge in [0, 0.05) is 91.2 Å². The molecule has 2 unspecified atom stereocenters. The third-order valence-electron chi connectivity index (χ3n) is 12.9. The van der Waals surface area contributed by atoms with Gasteiger partial charge in [-0.25, -0.2) is 4.68 Å². The highest BCUT2D eigenvalue weighted by molar-refractivity contribution is 6.05. The molecule has 0 radical (unpaired) electrons. The van der Waals surface area contributed by atoms with Gasteiger partial charge in [-0.3, -0.25) is 5.10 Å². The number of aromatic amines is 3. The minimum Gasteiger partial charge on any atom is -0.361 e. The minimum absolute atomic E-state index is 0.201. The van der Waals surface area contributed by atoms with Crippen LogP contribution in [0.4, 0.5) is 11.6 Å². The monoisotopic (exact) mass is 802 g/mol. The van der Waals surface area contributed by atoms with E-state index in [0.717, 1.165) is 124 Å². The number of nitrogens with zero attached hydrogens (tertiary/aromatic N) is 10. The molecule has 2 fully saturated rings. The number of fused-ring (bicyclic) bond motifs is 2. The normalized spacial score (nSPS) is 21.1. The topological polar surface area (TPSA) is 178 Å². The zero-order valence-electron chi connectivity index (χ0n) is 34.5. The predicted octanol–water partition coefficient (Wildman–Crippen LogP) is 6.33. The number of nitrogens with two attached hydrogens (primary N) is 1. The van der Waals surface area contributed by atoms with Crippen molar-refractivity contribution in [3.05, 3.63) is 91.8 Å². The van der Waals surface area contributed by atoms with Crippen LogP contribution in [0.15, 0.2) is 91.8 Å². The lowest BCUT2D eigenvalue weighted by atomic mass is 9.97. The maximum atomic E-state index is 6.50. The van der Waals surface area contributed by atoms with E-state index in [9.17, 15) is 0 Å². The number of anilines is 2. The van der Waals surface area contributed by atoms with Gasteiger partial charge in [-0.05, 0) is 106 Å². The van der Waals surface area contributed by atoms with Crippen molar-refractivity contribution < 1.29 is 4.68 Å². The molecule has 60 heavy (non-hydrogen) atoms. The van der Waals surface area contributed by atoms with Crippen LogP contribution < -0.4 is 25.5 Å². The molecule has 15 nitrogen and oxygen atoms in total. The molecule has 7 heterocycles. The van der Waals surface area contributed by atoms with E-state index in [4.69, 9.17) is 26.1 Å². The summed E-state index contributed by atoms with van der Waals surface area (Å²) in [5, 5.41) is 40.6. The summed E-state index contributed by atoms with van der Waals surface area (Å²) >= 11 is 0. The summed E-state index contributed by atoms with van der Waals surface area (Å²) < 4.78 is 3.97. The third kappa shape index (κ3) is 6.96. The Kier molecular flexibility index (Phi) is 9.84. The first kappa shape index (κ1) is 37.8. The molecule has 1 aliphatic heterocycles. The first-order chi connectivity index (χ1) is 29.3. The van der Waals surface area contributed by atoms with Crippen molar-refractivity contribution in [2.45, 2.75) is 76.5 Å². The van der Waals surface area contributed by atoms with Crippen LogP contribution in [0, 0.1) is 5.92 Å². The lowest BCUT2D eigenvalue weighted by molar-refractivity contribution is -0.652. The Morgan fingerprint density at radius 3 is 2.33 bits per heavy atom. The Morgan fingerprint density at radius 2 is 1.62 bits per heavy atom. The lowest BCUT2D eigenvalue weighted by Gasteiger charge is -2.35. The average Bonchev–Trinajstić information content (AvgIpc) is 4.12. The molecule has 0 amide bonds. The second kappa shape index (κ2) is 15.6. The smallest absolute Gasteiger partial charge is 0.244 e. The van der Waals surface area contributed by atoms with E-state index in [0.29, 0.717) is 24.0 Å². The van der Waals surface area contributed by atoms with Crippen molar-refractivity contribution in [1.82, 2.24) is 55.8 Å². The molecule has 1 saturated carbocycles. The fourth-order valence-electron chi connectivity index (χ4n) is 9.50. The van der Waals surface area contributed by atoms with Gasteiger partial charge < -0.3 is 25.8 Å². The third-order valence-corrected chi connectivity index (χ3v) is 12.9. The molecule has 2 aromatic carbocycles. The Hall–Kier alpha value is -6.45. The summed E-state index contributed by atoms with van der Waals surface area (Å²) in [4.78, 5) is 8.04. The van der Waals surface area contributed by atoms with Crippen LogP contribution in [0.1, 0.15) is 52.4 Å². The first-order valence-electron chi connectivity index (χ1n) is 21.1. The van der Waals surface area contributed by atoms with Gasteiger partial charge in [0.25, 0.3) is 0 Å². The van der Waals surface area contributed by atoms with E-state index >= 15 is 0 Å². The zero-order chi connectivity index (χ0) is 40.9. The van der Waals surface area contributed by atoms with Crippen molar-refractivity contribution in [3.63, 3.8) is 0 Å². The first-order valence-corrected chi connectivity index (χ1v) is 21.1. The zero-order valence-corrected chi connectivity index (χ0v) is 34.5. The van der Waals surface area contributed by atoms with Crippen molar-refractivity contribution in [1.29, 1.82) is 0 Å². The number of rotatable bonds is 9. The van der Waals surface area contributed by atoms with Crippen LogP contribution in [0.25, 0.3) is 66.8 Å². The van der Waals surface area contributed by atoms with E-state index in [1.807, 2.05) is 35.5 Å². The van der Waals surface area contributed by atoms with Crippen LogP contribution >= 0.6 is 0 Å². The van der Waals surface area contributed by atoms with Gasteiger partial charge in [0.15, 0.2) is 11.6 Å². The van der Waals surface area contributed by atoms with Gasteiger partial charge in [-0.2, -0.15) is 15.3 Å².